The number of methoxy groups -OCH3 is 1. The van der Waals surface area contributed by atoms with E-state index in [2.05, 4.69) is 9.64 Å². The minimum absolute atomic E-state index is 0.125. The molecule has 1 amide bonds. The Morgan fingerprint density at radius 1 is 1.19 bits per heavy atom. The zero-order chi connectivity index (χ0) is 15.4. The molecular formula is C16H28N2O3. The monoisotopic (exact) mass is 296 g/mol. The van der Waals surface area contributed by atoms with Gasteiger partial charge in [-0.05, 0) is 52.6 Å². The summed E-state index contributed by atoms with van der Waals surface area (Å²) < 4.78 is 4.67. The maximum Gasteiger partial charge on any atom is 0.307 e. The number of rotatable bonds is 6. The number of hydrogen-bond acceptors (Lipinski definition) is 4. The van der Waals surface area contributed by atoms with Crippen LogP contribution in [0, 0.1) is 5.92 Å². The van der Waals surface area contributed by atoms with Crippen LogP contribution < -0.4 is 0 Å². The lowest BCUT2D eigenvalue weighted by atomic mass is 9.94. The van der Waals surface area contributed by atoms with Crippen molar-refractivity contribution in [3.05, 3.63) is 0 Å². The van der Waals surface area contributed by atoms with Gasteiger partial charge in [-0.1, -0.05) is 0 Å². The molecule has 1 aliphatic carbocycles. The number of nitrogens with zero attached hydrogens (tertiary/aromatic N) is 2. The molecule has 2 rings (SSSR count). The summed E-state index contributed by atoms with van der Waals surface area (Å²) in [6.45, 7) is 6.57. The molecule has 5 nitrogen and oxygen atoms in total. The van der Waals surface area contributed by atoms with E-state index >= 15 is 0 Å². The molecule has 1 heterocycles. The lowest BCUT2D eigenvalue weighted by molar-refractivity contribution is -0.143. The largest absolute Gasteiger partial charge is 0.469 e. The molecular weight excluding hydrogens is 268 g/mol. The van der Waals surface area contributed by atoms with Gasteiger partial charge in [-0.2, -0.15) is 0 Å². The highest BCUT2D eigenvalue weighted by molar-refractivity contribution is 5.80. The Morgan fingerprint density at radius 2 is 1.81 bits per heavy atom. The summed E-state index contributed by atoms with van der Waals surface area (Å²) in [5.41, 5.74) is 0. The van der Waals surface area contributed by atoms with Crippen molar-refractivity contribution in [2.75, 3.05) is 26.7 Å². The van der Waals surface area contributed by atoms with Gasteiger partial charge in [-0.25, -0.2) is 0 Å². The van der Waals surface area contributed by atoms with Crippen molar-refractivity contribution in [3.63, 3.8) is 0 Å². The van der Waals surface area contributed by atoms with Crippen LogP contribution in [-0.2, 0) is 14.3 Å². The van der Waals surface area contributed by atoms with Gasteiger partial charge in [0.1, 0.15) is 0 Å². The highest BCUT2D eigenvalue weighted by Gasteiger charge is 2.35. The number of carbonyl (C=O) groups excluding carboxylic acids is 2. The van der Waals surface area contributed by atoms with E-state index in [0.29, 0.717) is 6.54 Å². The Kier molecular flexibility index (Phi) is 5.62. The Labute approximate surface area is 127 Å². The highest BCUT2D eigenvalue weighted by Crippen LogP contribution is 2.31. The normalized spacial score (nSPS) is 20.6. The SMILES string of the molecule is COC(=O)CCN(C(=O)C1CCN(C2CC2)CC1)C(C)C. The zero-order valence-corrected chi connectivity index (χ0v) is 13.5. The van der Waals surface area contributed by atoms with Gasteiger partial charge >= 0.3 is 5.97 Å². The Morgan fingerprint density at radius 3 is 2.29 bits per heavy atom. The molecule has 120 valence electrons. The maximum atomic E-state index is 12.7. The molecule has 0 bridgehead atoms. The smallest absolute Gasteiger partial charge is 0.307 e. The van der Waals surface area contributed by atoms with Crippen LogP contribution in [0.25, 0.3) is 0 Å². The van der Waals surface area contributed by atoms with Crippen LogP contribution in [0.1, 0.15) is 46.0 Å². The van der Waals surface area contributed by atoms with Crippen molar-refractivity contribution < 1.29 is 14.3 Å². The molecule has 0 spiro atoms. The number of likely N-dealkylation sites (tertiary alicyclic amines) is 1. The van der Waals surface area contributed by atoms with Crippen molar-refractivity contribution in [2.45, 2.75) is 58.0 Å². The molecule has 21 heavy (non-hydrogen) atoms. The minimum atomic E-state index is -0.253. The van der Waals surface area contributed by atoms with Gasteiger partial charge in [0.05, 0.1) is 13.5 Å². The van der Waals surface area contributed by atoms with E-state index in [9.17, 15) is 9.59 Å². The molecule has 0 unspecified atom stereocenters. The summed E-state index contributed by atoms with van der Waals surface area (Å²) in [4.78, 5) is 28.4. The Hall–Kier alpha value is -1.10. The molecule has 0 atom stereocenters. The second kappa shape index (κ2) is 7.25. The molecule has 0 N–H and O–H groups in total. The number of carbonyl (C=O) groups is 2. The molecule has 1 saturated carbocycles. The molecule has 0 radical (unpaired) electrons. The molecule has 0 aromatic heterocycles. The van der Waals surface area contributed by atoms with Crippen LogP contribution in [0.4, 0.5) is 0 Å². The van der Waals surface area contributed by atoms with Crippen LogP contribution in [-0.4, -0.2) is 60.5 Å². The van der Waals surface area contributed by atoms with Crippen LogP contribution in [0.15, 0.2) is 0 Å². The van der Waals surface area contributed by atoms with Crippen molar-refractivity contribution >= 4 is 11.9 Å². The van der Waals surface area contributed by atoms with E-state index in [4.69, 9.17) is 0 Å². The fourth-order valence-electron chi connectivity index (χ4n) is 3.12. The molecule has 1 aliphatic heterocycles. The summed E-state index contributed by atoms with van der Waals surface area (Å²) >= 11 is 0. The molecule has 0 aromatic rings. The third-order valence-electron chi connectivity index (χ3n) is 4.63. The average Bonchev–Trinajstić information content (AvgIpc) is 3.31. The topological polar surface area (TPSA) is 49.9 Å². The highest BCUT2D eigenvalue weighted by atomic mass is 16.5. The predicted molar refractivity (Wildman–Crippen MR) is 80.8 cm³/mol. The molecule has 0 aromatic carbocycles. The fraction of sp³-hybridized carbons (Fsp3) is 0.875. The van der Waals surface area contributed by atoms with Gasteiger partial charge in [0, 0.05) is 24.5 Å². The quantitative estimate of drug-likeness (QED) is 0.700. The second-order valence-corrected chi connectivity index (χ2v) is 6.49. The van der Waals surface area contributed by atoms with Gasteiger partial charge in [-0.15, -0.1) is 0 Å². The molecule has 2 fully saturated rings. The van der Waals surface area contributed by atoms with E-state index in [0.717, 1.165) is 32.0 Å². The minimum Gasteiger partial charge on any atom is -0.469 e. The lowest BCUT2D eigenvalue weighted by Crippen LogP contribution is -2.46. The first kappa shape index (κ1) is 16.3. The number of hydrogen-bond donors (Lipinski definition) is 0. The number of amides is 1. The van der Waals surface area contributed by atoms with Crippen molar-refractivity contribution in [1.82, 2.24) is 9.80 Å². The molecule has 1 saturated heterocycles. The summed E-state index contributed by atoms with van der Waals surface area (Å²) in [5.74, 6) is 0.0846. The maximum absolute atomic E-state index is 12.7. The molecule has 2 aliphatic rings. The third kappa shape index (κ3) is 4.43. The lowest BCUT2D eigenvalue weighted by Gasteiger charge is -2.35. The summed E-state index contributed by atoms with van der Waals surface area (Å²) in [6.07, 6.45) is 4.85. The second-order valence-electron chi connectivity index (χ2n) is 6.49. The van der Waals surface area contributed by atoms with Crippen molar-refractivity contribution in [3.8, 4) is 0 Å². The van der Waals surface area contributed by atoms with E-state index < -0.39 is 0 Å². The number of piperidine rings is 1. The summed E-state index contributed by atoms with van der Waals surface area (Å²) in [5, 5.41) is 0. The van der Waals surface area contributed by atoms with Gasteiger partial charge in [0.25, 0.3) is 0 Å². The predicted octanol–water partition coefficient (Wildman–Crippen LogP) is 1.66. The van der Waals surface area contributed by atoms with Gasteiger partial charge in [0.15, 0.2) is 0 Å². The van der Waals surface area contributed by atoms with Crippen molar-refractivity contribution in [2.24, 2.45) is 5.92 Å². The van der Waals surface area contributed by atoms with Crippen molar-refractivity contribution in [1.29, 1.82) is 0 Å². The molecule has 5 heteroatoms. The first-order valence-electron chi connectivity index (χ1n) is 8.14. The standard InChI is InChI=1S/C16H28N2O3/c1-12(2)18(11-8-15(19)21-3)16(20)13-6-9-17(10-7-13)14-4-5-14/h12-14H,4-11H2,1-3H3. The van der Waals surface area contributed by atoms with Crippen LogP contribution >= 0.6 is 0 Å². The van der Waals surface area contributed by atoms with E-state index in [1.165, 1.54) is 20.0 Å². The Balaban J connectivity index is 1.84. The first-order chi connectivity index (χ1) is 10.0. The van der Waals surface area contributed by atoms with Gasteiger partial charge in [0.2, 0.25) is 5.91 Å². The van der Waals surface area contributed by atoms with Gasteiger partial charge < -0.3 is 14.5 Å². The zero-order valence-electron chi connectivity index (χ0n) is 13.5. The third-order valence-corrected chi connectivity index (χ3v) is 4.63. The van der Waals surface area contributed by atoms with E-state index in [-0.39, 0.29) is 30.3 Å². The first-order valence-corrected chi connectivity index (χ1v) is 8.14. The fourth-order valence-corrected chi connectivity index (χ4v) is 3.12. The van der Waals surface area contributed by atoms with E-state index in [1.54, 1.807) is 0 Å². The van der Waals surface area contributed by atoms with E-state index in [1.807, 2.05) is 18.7 Å². The average molecular weight is 296 g/mol. The van der Waals surface area contributed by atoms with Gasteiger partial charge in [-0.3, -0.25) is 9.59 Å². The number of ether oxygens (including phenoxy) is 1. The summed E-state index contributed by atoms with van der Waals surface area (Å²) in [6, 6.07) is 0.921. The Bertz CT molecular complexity index is 372. The van der Waals surface area contributed by atoms with Crippen LogP contribution in [0.3, 0.4) is 0 Å². The van der Waals surface area contributed by atoms with Crippen LogP contribution in [0.5, 0.6) is 0 Å². The van der Waals surface area contributed by atoms with Crippen LogP contribution in [0.2, 0.25) is 0 Å². The summed E-state index contributed by atoms with van der Waals surface area (Å²) in [7, 11) is 1.39. The number of esters is 1.